The number of hydrogen-bond donors (Lipinski definition) is 0. The quantitative estimate of drug-likeness (QED) is 0.483. The molecule has 8 heteroatoms. The number of aliphatic imine (C=N–C) groups is 1. The normalized spacial score (nSPS) is 18.7. The molecule has 1 atom stereocenters. The molecule has 0 aliphatic carbocycles. The number of benzene rings is 1. The number of amides is 1. The highest BCUT2D eigenvalue weighted by Crippen LogP contribution is 2.42. The van der Waals surface area contributed by atoms with Crippen LogP contribution in [0.2, 0.25) is 0 Å². The van der Waals surface area contributed by atoms with Crippen molar-refractivity contribution < 1.29 is 23.8 Å². The fraction of sp³-hybridized carbons (Fsp3) is 0.409. The Hall–Kier alpha value is -2.74. The summed E-state index contributed by atoms with van der Waals surface area (Å²) in [6.45, 7) is 9.34. The van der Waals surface area contributed by atoms with E-state index in [2.05, 4.69) is 11.6 Å². The Morgan fingerprint density at radius 1 is 1.40 bits per heavy atom. The Morgan fingerprint density at radius 2 is 2.17 bits per heavy atom. The van der Waals surface area contributed by atoms with Gasteiger partial charge in [-0.25, -0.2) is 9.79 Å². The van der Waals surface area contributed by atoms with Gasteiger partial charge in [-0.1, -0.05) is 30.5 Å². The van der Waals surface area contributed by atoms with Crippen LogP contribution in [0.4, 0.5) is 0 Å². The van der Waals surface area contributed by atoms with E-state index < -0.39 is 12.0 Å². The lowest BCUT2D eigenvalue weighted by molar-refractivity contribution is -0.143. The van der Waals surface area contributed by atoms with Crippen molar-refractivity contribution in [3.05, 3.63) is 47.7 Å². The number of ether oxygens (including phenoxy) is 3. The molecule has 3 rings (SSSR count). The van der Waals surface area contributed by atoms with Gasteiger partial charge in [-0.3, -0.25) is 9.69 Å². The van der Waals surface area contributed by atoms with Crippen molar-refractivity contribution in [2.75, 3.05) is 19.5 Å². The molecule has 0 unspecified atom stereocenters. The van der Waals surface area contributed by atoms with Crippen LogP contribution >= 0.6 is 11.8 Å². The van der Waals surface area contributed by atoms with Crippen LogP contribution in [0.5, 0.6) is 11.5 Å². The van der Waals surface area contributed by atoms with Crippen LogP contribution in [0.1, 0.15) is 38.8 Å². The summed E-state index contributed by atoms with van der Waals surface area (Å²) in [6.07, 6.45) is 1.73. The Kier molecular flexibility index (Phi) is 6.87. The summed E-state index contributed by atoms with van der Waals surface area (Å²) in [5, 5.41) is 0.598. The highest BCUT2D eigenvalue weighted by molar-refractivity contribution is 8.14. The average molecular weight is 431 g/mol. The standard InChI is InChI=1S/C22H26N2O5S/c1-6-10-28-16-8-7-15(12-17(16)27-5)20-19(21(26)29-13(2)3)14(4)23-22-24(20)18(25)9-11-30-22/h6-8,12-13,20H,1,9-11H2,2-5H3/t20-/m0/s1. The minimum Gasteiger partial charge on any atom is -0.493 e. The predicted molar refractivity (Wildman–Crippen MR) is 117 cm³/mol. The molecule has 1 amide bonds. The zero-order chi connectivity index (χ0) is 21.8. The number of thioether (sulfide) groups is 1. The van der Waals surface area contributed by atoms with Crippen molar-refractivity contribution in [3.8, 4) is 11.5 Å². The maximum Gasteiger partial charge on any atom is 0.338 e. The molecular formula is C22H26N2O5S. The highest BCUT2D eigenvalue weighted by atomic mass is 32.2. The number of methoxy groups -OCH3 is 1. The number of rotatable bonds is 7. The first-order chi connectivity index (χ1) is 14.4. The average Bonchev–Trinajstić information content (AvgIpc) is 2.70. The molecule has 160 valence electrons. The van der Waals surface area contributed by atoms with Crippen molar-refractivity contribution in [2.45, 2.75) is 39.3 Å². The van der Waals surface area contributed by atoms with Gasteiger partial charge in [0.25, 0.3) is 0 Å². The van der Waals surface area contributed by atoms with Gasteiger partial charge in [-0.05, 0) is 38.5 Å². The number of hydrogen-bond acceptors (Lipinski definition) is 7. The molecule has 1 saturated heterocycles. The fourth-order valence-corrected chi connectivity index (χ4v) is 4.38. The van der Waals surface area contributed by atoms with E-state index in [1.165, 1.54) is 11.8 Å². The third kappa shape index (κ3) is 4.38. The Labute approximate surface area is 180 Å². The molecule has 2 heterocycles. The lowest BCUT2D eigenvalue weighted by Crippen LogP contribution is -2.46. The lowest BCUT2D eigenvalue weighted by atomic mass is 9.93. The van der Waals surface area contributed by atoms with Gasteiger partial charge in [-0.2, -0.15) is 0 Å². The first kappa shape index (κ1) is 22.0. The predicted octanol–water partition coefficient (Wildman–Crippen LogP) is 3.86. The maximum absolute atomic E-state index is 13.0. The Bertz CT molecular complexity index is 922. The zero-order valence-electron chi connectivity index (χ0n) is 17.6. The minimum atomic E-state index is -0.647. The van der Waals surface area contributed by atoms with Crippen molar-refractivity contribution in [1.29, 1.82) is 0 Å². The SMILES string of the molecule is C=CCOc1ccc([C@H]2C(C(=O)OC(C)C)=C(C)N=C3SCCC(=O)N32)cc1OC. The van der Waals surface area contributed by atoms with Crippen molar-refractivity contribution in [3.63, 3.8) is 0 Å². The van der Waals surface area contributed by atoms with Crippen molar-refractivity contribution in [1.82, 2.24) is 4.90 Å². The number of amidine groups is 1. The van der Waals surface area contributed by atoms with Gasteiger partial charge in [0.2, 0.25) is 5.91 Å². The van der Waals surface area contributed by atoms with Crippen LogP contribution in [0, 0.1) is 0 Å². The number of allylic oxidation sites excluding steroid dienone is 1. The van der Waals surface area contributed by atoms with Gasteiger partial charge < -0.3 is 14.2 Å². The molecule has 0 bridgehead atoms. The summed E-state index contributed by atoms with van der Waals surface area (Å²) in [6, 6.07) is 4.74. The zero-order valence-corrected chi connectivity index (χ0v) is 18.5. The van der Waals surface area contributed by atoms with Crippen LogP contribution in [-0.4, -0.2) is 47.5 Å². The third-order valence-corrected chi connectivity index (χ3v) is 5.58. The second-order valence-corrected chi connectivity index (χ2v) is 8.18. The molecule has 30 heavy (non-hydrogen) atoms. The molecule has 7 nitrogen and oxygen atoms in total. The number of carbonyl (C=O) groups excluding carboxylic acids is 2. The fourth-order valence-electron chi connectivity index (χ4n) is 3.37. The topological polar surface area (TPSA) is 77.4 Å². The smallest absolute Gasteiger partial charge is 0.338 e. The van der Waals surface area contributed by atoms with Crippen LogP contribution in [0.25, 0.3) is 0 Å². The molecule has 2 aliphatic rings. The molecule has 0 spiro atoms. The van der Waals surface area contributed by atoms with Gasteiger partial charge in [0.1, 0.15) is 6.61 Å². The first-order valence-corrected chi connectivity index (χ1v) is 10.7. The molecular weight excluding hydrogens is 404 g/mol. The van der Waals surface area contributed by atoms with Crippen molar-refractivity contribution >= 4 is 28.8 Å². The van der Waals surface area contributed by atoms with E-state index in [-0.39, 0.29) is 12.0 Å². The van der Waals surface area contributed by atoms with Gasteiger partial charge in [0, 0.05) is 12.2 Å². The molecule has 1 aromatic carbocycles. The van der Waals surface area contributed by atoms with E-state index in [0.717, 1.165) is 5.56 Å². The summed E-state index contributed by atoms with van der Waals surface area (Å²) in [5.74, 6) is 1.16. The summed E-state index contributed by atoms with van der Waals surface area (Å²) in [5.41, 5.74) is 1.62. The van der Waals surface area contributed by atoms with E-state index in [4.69, 9.17) is 14.2 Å². The van der Waals surface area contributed by atoms with E-state index in [9.17, 15) is 9.59 Å². The molecule has 1 aromatic rings. The second-order valence-electron chi connectivity index (χ2n) is 7.12. The van der Waals surface area contributed by atoms with Crippen LogP contribution in [0.3, 0.4) is 0 Å². The van der Waals surface area contributed by atoms with Gasteiger partial charge >= 0.3 is 5.97 Å². The Morgan fingerprint density at radius 3 is 2.83 bits per heavy atom. The third-order valence-electron chi connectivity index (χ3n) is 4.63. The molecule has 2 aliphatic heterocycles. The van der Waals surface area contributed by atoms with Crippen LogP contribution < -0.4 is 9.47 Å². The number of nitrogens with zero attached hydrogens (tertiary/aromatic N) is 2. The van der Waals surface area contributed by atoms with Gasteiger partial charge in [-0.15, -0.1) is 0 Å². The highest BCUT2D eigenvalue weighted by Gasteiger charge is 2.42. The van der Waals surface area contributed by atoms with E-state index in [1.54, 1.807) is 51.0 Å². The summed E-state index contributed by atoms with van der Waals surface area (Å²) >= 11 is 1.51. The summed E-state index contributed by atoms with van der Waals surface area (Å²) < 4.78 is 16.6. The van der Waals surface area contributed by atoms with Gasteiger partial charge in [0.15, 0.2) is 16.7 Å². The molecule has 0 aromatic heterocycles. The van der Waals surface area contributed by atoms with Gasteiger partial charge in [0.05, 0.1) is 30.5 Å². The molecule has 0 radical (unpaired) electrons. The van der Waals surface area contributed by atoms with Crippen molar-refractivity contribution in [2.24, 2.45) is 4.99 Å². The number of esters is 1. The summed E-state index contributed by atoms with van der Waals surface area (Å²) in [7, 11) is 1.55. The monoisotopic (exact) mass is 430 g/mol. The largest absolute Gasteiger partial charge is 0.493 e. The maximum atomic E-state index is 13.0. The molecule has 0 N–H and O–H groups in total. The number of fused-ring (bicyclic) bond motifs is 1. The summed E-state index contributed by atoms with van der Waals surface area (Å²) in [4.78, 5) is 32.0. The lowest BCUT2D eigenvalue weighted by Gasteiger charge is -2.39. The van der Waals surface area contributed by atoms with E-state index >= 15 is 0 Å². The van der Waals surface area contributed by atoms with Crippen LogP contribution in [0.15, 0.2) is 47.1 Å². The van der Waals surface area contributed by atoms with Crippen LogP contribution in [-0.2, 0) is 14.3 Å². The van der Waals surface area contributed by atoms with E-state index in [0.29, 0.717) is 46.7 Å². The molecule has 0 saturated carbocycles. The second kappa shape index (κ2) is 9.38. The Balaban J connectivity index is 2.12. The first-order valence-electron chi connectivity index (χ1n) is 9.74. The minimum absolute atomic E-state index is 0.0780. The number of carbonyl (C=O) groups is 2. The van der Waals surface area contributed by atoms with E-state index in [1.807, 2.05) is 6.07 Å². The molecule has 1 fully saturated rings.